The average Bonchev–Trinajstić information content (AvgIpc) is 2.33. The number of aromatic nitrogens is 2. The van der Waals surface area contributed by atoms with Crippen molar-refractivity contribution in [2.75, 3.05) is 0 Å². The number of benzene rings is 1. The Morgan fingerprint density at radius 3 is 2.47 bits per heavy atom. The standard InChI is InChI=1S/C13H12N2O2/c1-9(16)11-8-14-15(2)13(17)12(11)10-6-4-3-5-7-10/h3-8H,1-2H3. The van der Waals surface area contributed by atoms with Gasteiger partial charge in [0.15, 0.2) is 5.78 Å². The smallest absolute Gasteiger partial charge is 0.275 e. The molecule has 0 atom stereocenters. The number of hydrogen-bond donors (Lipinski definition) is 0. The van der Waals surface area contributed by atoms with Crippen LogP contribution in [0, 0.1) is 0 Å². The Bertz CT molecular complexity index is 615. The minimum atomic E-state index is -0.260. The first-order valence-corrected chi connectivity index (χ1v) is 5.24. The number of carbonyl (C=O) groups excluding carboxylic acids is 1. The highest BCUT2D eigenvalue weighted by molar-refractivity contribution is 6.00. The zero-order chi connectivity index (χ0) is 12.4. The number of aryl methyl sites for hydroxylation is 1. The molecule has 0 bridgehead atoms. The maximum atomic E-state index is 12.0. The van der Waals surface area contributed by atoms with Gasteiger partial charge >= 0.3 is 0 Å². The molecule has 0 saturated heterocycles. The molecular formula is C13H12N2O2. The lowest BCUT2D eigenvalue weighted by Gasteiger charge is -2.07. The van der Waals surface area contributed by atoms with E-state index in [1.807, 2.05) is 30.3 Å². The molecule has 0 saturated carbocycles. The molecule has 0 fully saturated rings. The summed E-state index contributed by atoms with van der Waals surface area (Å²) in [6, 6.07) is 9.15. The van der Waals surface area contributed by atoms with E-state index in [2.05, 4.69) is 5.10 Å². The van der Waals surface area contributed by atoms with Gasteiger partial charge < -0.3 is 0 Å². The number of ketones is 1. The van der Waals surface area contributed by atoms with E-state index in [1.54, 1.807) is 7.05 Å². The summed E-state index contributed by atoms with van der Waals surface area (Å²) in [6.07, 6.45) is 1.44. The van der Waals surface area contributed by atoms with Gasteiger partial charge in [-0.15, -0.1) is 0 Å². The van der Waals surface area contributed by atoms with Crippen molar-refractivity contribution in [2.45, 2.75) is 6.92 Å². The van der Waals surface area contributed by atoms with Crippen molar-refractivity contribution in [1.29, 1.82) is 0 Å². The molecule has 0 amide bonds. The molecule has 1 aromatic carbocycles. The molecule has 0 aliphatic rings. The highest BCUT2D eigenvalue weighted by Gasteiger charge is 2.14. The van der Waals surface area contributed by atoms with Gasteiger partial charge in [-0.3, -0.25) is 9.59 Å². The van der Waals surface area contributed by atoms with E-state index in [0.29, 0.717) is 11.1 Å². The van der Waals surface area contributed by atoms with Gasteiger partial charge in [0.05, 0.1) is 17.3 Å². The summed E-state index contributed by atoms with van der Waals surface area (Å²) >= 11 is 0. The maximum Gasteiger partial charge on any atom is 0.275 e. The third kappa shape index (κ3) is 2.01. The second-order valence-corrected chi connectivity index (χ2v) is 3.78. The number of hydrogen-bond acceptors (Lipinski definition) is 3. The van der Waals surface area contributed by atoms with Gasteiger partial charge in [0.2, 0.25) is 0 Å². The molecule has 4 nitrogen and oxygen atoms in total. The summed E-state index contributed by atoms with van der Waals surface area (Å²) in [4.78, 5) is 23.6. The van der Waals surface area contributed by atoms with Gasteiger partial charge in [0.1, 0.15) is 0 Å². The summed E-state index contributed by atoms with van der Waals surface area (Å²) in [6.45, 7) is 1.43. The first kappa shape index (κ1) is 11.3. The van der Waals surface area contributed by atoms with E-state index in [9.17, 15) is 9.59 Å². The Kier molecular flexibility index (Phi) is 2.87. The van der Waals surface area contributed by atoms with E-state index in [-0.39, 0.29) is 11.3 Å². The van der Waals surface area contributed by atoms with E-state index < -0.39 is 0 Å². The van der Waals surface area contributed by atoms with Crippen LogP contribution in [-0.2, 0) is 7.05 Å². The van der Waals surface area contributed by atoms with Crippen LogP contribution in [0.5, 0.6) is 0 Å². The van der Waals surface area contributed by atoms with Crippen molar-refractivity contribution in [3.8, 4) is 11.1 Å². The largest absolute Gasteiger partial charge is 0.294 e. The zero-order valence-electron chi connectivity index (χ0n) is 9.68. The van der Waals surface area contributed by atoms with Crippen LogP contribution in [0.2, 0.25) is 0 Å². The van der Waals surface area contributed by atoms with Crippen LogP contribution in [0.4, 0.5) is 0 Å². The Morgan fingerprint density at radius 1 is 1.24 bits per heavy atom. The zero-order valence-corrected chi connectivity index (χ0v) is 9.68. The summed E-state index contributed by atoms with van der Waals surface area (Å²) in [7, 11) is 1.57. The summed E-state index contributed by atoms with van der Waals surface area (Å²) < 4.78 is 1.23. The van der Waals surface area contributed by atoms with Crippen molar-refractivity contribution in [3.05, 3.63) is 52.4 Å². The average molecular weight is 228 g/mol. The Hall–Kier alpha value is -2.23. The van der Waals surface area contributed by atoms with Crippen LogP contribution < -0.4 is 5.56 Å². The fourth-order valence-electron chi connectivity index (χ4n) is 1.69. The van der Waals surface area contributed by atoms with Crippen molar-refractivity contribution < 1.29 is 4.79 Å². The second-order valence-electron chi connectivity index (χ2n) is 3.78. The first-order valence-electron chi connectivity index (χ1n) is 5.24. The molecule has 17 heavy (non-hydrogen) atoms. The topological polar surface area (TPSA) is 52.0 Å². The van der Waals surface area contributed by atoms with Gasteiger partial charge in [0.25, 0.3) is 5.56 Å². The van der Waals surface area contributed by atoms with Crippen LogP contribution >= 0.6 is 0 Å². The molecule has 0 radical (unpaired) electrons. The van der Waals surface area contributed by atoms with Gasteiger partial charge in [-0.1, -0.05) is 30.3 Å². The monoisotopic (exact) mass is 228 g/mol. The normalized spacial score (nSPS) is 10.2. The molecule has 2 aromatic rings. The van der Waals surface area contributed by atoms with E-state index in [1.165, 1.54) is 17.8 Å². The lowest BCUT2D eigenvalue weighted by Crippen LogP contribution is -2.23. The van der Waals surface area contributed by atoms with Crippen LogP contribution in [0.1, 0.15) is 17.3 Å². The summed E-state index contributed by atoms with van der Waals surface area (Å²) in [5.41, 5.74) is 1.25. The fraction of sp³-hybridized carbons (Fsp3) is 0.154. The summed E-state index contributed by atoms with van der Waals surface area (Å²) in [5, 5.41) is 3.87. The van der Waals surface area contributed by atoms with Crippen molar-refractivity contribution in [3.63, 3.8) is 0 Å². The highest BCUT2D eigenvalue weighted by atomic mass is 16.1. The fourth-order valence-corrected chi connectivity index (χ4v) is 1.69. The highest BCUT2D eigenvalue weighted by Crippen LogP contribution is 2.19. The van der Waals surface area contributed by atoms with Crippen LogP contribution in [-0.4, -0.2) is 15.6 Å². The number of carbonyl (C=O) groups is 1. The molecule has 2 rings (SSSR count). The molecule has 0 aliphatic carbocycles. The molecule has 4 heteroatoms. The van der Waals surface area contributed by atoms with Gasteiger partial charge in [-0.2, -0.15) is 5.10 Å². The molecule has 1 aromatic heterocycles. The lowest BCUT2D eigenvalue weighted by molar-refractivity contribution is 0.101. The van der Waals surface area contributed by atoms with Crippen LogP contribution in [0.25, 0.3) is 11.1 Å². The van der Waals surface area contributed by atoms with Crippen molar-refractivity contribution >= 4 is 5.78 Å². The van der Waals surface area contributed by atoms with Gasteiger partial charge in [0, 0.05) is 7.05 Å². The quantitative estimate of drug-likeness (QED) is 0.734. The first-order chi connectivity index (χ1) is 8.11. The minimum Gasteiger partial charge on any atom is -0.294 e. The predicted molar refractivity (Wildman–Crippen MR) is 64.9 cm³/mol. The SMILES string of the molecule is CC(=O)c1cnn(C)c(=O)c1-c1ccccc1. The van der Waals surface area contributed by atoms with E-state index in [0.717, 1.165) is 5.56 Å². The van der Waals surface area contributed by atoms with Crippen molar-refractivity contribution in [2.24, 2.45) is 7.05 Å². The molecule has 0 unspecified atom stereocenters. The third-order valence-electron chi connectivity index (χ3n) is 2.58. The number of Topliss-reactive ketones (excluding diaryl/α,β-unsaturated/α-hetero) is 1. The Balaban J connectivity index is 2.79. The summed E-state index contributed by atoms with van der Waals surface area (Å²) in [5.74, 6) is -0.158. The maximum absolute atomic E-state index is 12.0. The third-order valence-corrected chi connectivity index (χ3v) is 2.58. The van der Waals surface area contributed by atoms with E-state index in [4.69, 9.17) is 0 Å². The Labute approximate surface area is 98.5 Å². The molecule has 86 valence electrons. The molecule has 1 heterocycles. The van der Waals surface area contributed by atoms with Crippen LogP contribution in [0.3, 0.4) is 0 Å². The molecule has 0 spiro atoms. The molecule has 0 N–H and O–H groups in total. The Morgan fingerprint density at radius 2 is 1.88 bits per heavy atom. The number of nitrogens with zero attached hydrogens (tertiary/aromatic N) is 2. The van der Waals surface area contributed by atoms with E-state index >= 15 is 0 Å². The lowest BCUT2D eigenvalue weighted by atomic mass is 10.0. The van der Waals surface area contributed by atoms with Gasteiger partial charge in [-0.05, 0) is 12.5 Å². The van der Waals surface area contributed by atoms with Gasteiger partial charge in [-0.25, -0.2) is 4.68 Å². The number of rotatable bonds is 2. The molecule has 0 aliphatic heterocycles. The van der Waals surface area contributed by atoms with Crippen LogP contribution in [0.15, 0.2) is 41.3 Å². The minimum absolute atomic E-state index is 0.158. The second kappa shape index (κ2) is 4.33. The molecular weight excluding hydrogens is 216 g/mol. The van der Waals surface area contributed by atoms with Crippen molar-refractivity contribution in [1.82, 2.24) is 9.78 Å². The predicted octanol–water partition coefficient (Wildman–Crippen LogP) is 1.65.